The number of thiazole rings is 1. The second-order valence-corrected chi connectivity index (χ2v) is 8.54. The summed E-state index contributed by atoms with van der Waals surface area (Å²) in [7, 11) is 0. The summed E-state index contributed by atoms with van der Waals surface area (Å²) in [6, 6.07) is 1.84. The molecular formula is C24H33NO2S. The van der Waals surface area contributed by atoms with Crippen LogP contribution in [0.4, 0.5) is 0 Å². The van der Waals surface area contributed by atoms with Crippen molar-refractivity contribution >= 4 is 11.3 Å². The predicted octanol–water partition coefficient (Wildman–Crippen LogP) is 7.19. The van der Waals surface area contributed by atoms with Gasteiger partial charge in [-0.2, -0.15) is 0 Å². The lowest BCUT2D eigenvalue weighted by Gasteiger charge is -2.15. The van der Waals surface area contributed by atoms with Gasteiger partial charge in [-0.3, -0.25) is 4.98 Å². The lowest BCUT2D eigenvalue weighted by molar-refractivity contribution is 0.441. The van der Waals surface area contributed by atoms with Crippen molar-refractivity contribution in [2.45, 2.75) is 72.6 Å². The normalized spacial score (nSPS) is 11.6. The van der Waals surface area contributed by atoms with E-state index in [9.17, 15) is 10.2 Å². The number of phenols is 2. The van der Waals surface area contributed by atoms with Gasteiger partial charge in [0.05, 0.1) is 10.4 Å². The molecule has 4 heteroatoms. The van der Waals surface area contributed by atoms with Crippen molar-refractivity contribution in [1.29, 1.82) is 0 Å². The van der Waals surface area contributed by atoms with Crippen LogP contribution in [-0.4, -0.2) is 15.2 Å². The van der Waals surface area contributed by atoms with Crippen LogP contribution in [0, 0.1) is 0 Å². The summed E-state index contributed by atoms with van der Waals surface area (Å²) >= 11 is 1.52. The molecule has 1 aromatic heterocycles. The van der Waals surface area contributed by atoms with Crippen LogP contribution in [0.3, 0.4) is 0 Å². The van der Waals surface area contributed by atoms with E-state index in [1.165, 1.54) is 22.5 Å². The highest BCUT2D eigenvalue weighted by atomic mass is 32.1. The molecule has 0 aliphatic rings. The number of aryl methyl sites for hydroxylation is 1. The highest BCUT2D eigenvalue weighted by molar-refractivity contribution is 7.13. The van der Waals surface area contributed by atoms with Crippen LogP contribution < -0.4 is 0 Å². The monoisotopic (exact) mass is 399 g/mol. The zero-order valence-electron chi connectivity index (χ0n) is 17.6. The van der Waals surface area contributed by atoms with E-state index in [0.29, 0.717) is 12.0 Å². The summed E-state index contributed by atoms with van der Waals surface area (Å²) in [6.45, 7) is 8.50. The van der Waals surface area contributed by atoms with Gasteiger partial charge in [-0.25, -0.2) is 0 Å². The first-order chi connectivity index (χ1) is 13.4. The van der Waals surface area contributed by atoms with Crippen LogP contribution in [0.2, 0.25) is 0 Å². The Morgan fingerprint density at radius 1 is 1.14 bits per heavy atom. The van der Waals surface area contributed by atoms with E-state index in [1.807, 2.05) is 6.07 Å². The molecule has 0 aliphatic heterocycles. The van der Waals surface area contributed by atoms with Crippen LogP contribution >= 0.6 is 11.3 Å². The number of aromatic nitrogens is 1. The summed E-state index contributed by atoms with van der Waals surface area (Å²) in [5.41, 5.74) is 6.82. The Bertz CT molecular complexity index is 816. The van der Waals surface area contributed by atoms with Crippen molar-refractivity contribution in [2.75, 3.05) is 0 Å². The smallest absolute Gasteiger partial charge is 0.131 e. The van der Waals surface area contributed by atoms with E-state index in [1.54, 1.807) is 11.7 Å². The van der Waals surface area contributed by atoms with Crippen LogP contribution in [0.25, 0.3) is 10.4 Å². The molecule has 0 aliphatic carbocycles. The predicted molar refractivity (Wildman–Crippen MR) is 120 cm³/mol. The molecule has 0 amide bonds. The number of rotatable bonds is 10. The first-order valence-electron chi connectivity index (χ1n) is 10.2. The third-order valence-electron chi connectivity index (χ3n) is 4.94. The lowest BCUT2D eigenvalue weighted by atomic mass is 9.94. The highest BCUT2D eigenvalue weighted by Crippen LogP contribution is 2.42. The van der Waals surface area contributed by atoms with Crippen molar-refractivity contribution < 1.29 is 10.2 Å². The molecule has 0 saturated carbocycles. The molecule has 1 aromatic carbocycles. The van der Waals surface area contributed by atoms with Crippen molar-refractivity contribution in [2.24, 2.45) is 0 Å². The van der Waals surface area contributed by atoms with Crippen molar-refractivity contribution in [1.82, 2.24) is 4.98 Å². The van der Waals surface area contributed by atoms with Gasteiger partial charge in [0.2, 0.25) is 0 Å². The van der Waals surface area contributed by atoms with Crippen LogP contribution in [-0.2, 0) is 12.8 Å². The summed E-state index contributed by atoms with van der Waals surface area (Å²) in [4.78, 5) is 5.13. The number of aromatic hydroxyl groups is 2. The van der Waals surface area contributed by atoms with E-state index >= 15 is 0 Å². The minimum Gasteiger partial charge on any atom is -0.508 e. The van der Waals surface area contributed by atoms with E-state index in [4.69, 9.17) is 0 Å². The molecule has 0 bridgehead atoms. The van der Waals surface area contributed by atoms with Gasteiger partial charge in [-0.1, -0.05) is 43.1 Å². The molecule has 28 heavy (non-hydrogen) atoms. The Labute approximate surface area is 173 Å². The summed E-state index contributed by atoms with van der Waals surface area (Å²) < 4.78 is 0. The molecule has 0 unspecified atom stereocenters. The van der Waals surface area contributed by atoms with Gasteiger partial charge in [0.15, 0.2) is 0 Å². The van der Waals surface area contributed by atoms with Crippen LogP contribution in [0.5, 0.6) is 11.5 Å². The quantitative estimate of drug-likeness (QED) is 0.328. The van der Waals surface area contributed by atoms with E-state index in [-0.39, 0.29) is 11.5 Å². The fourth-order valence-electron chi connectivity index (χ4n) is 3.29. The van der Waals surface area contributed by atoms with Gasteiger partial charge in [-0.15, -0.1) is 11.3 Å². The van der Waals surface area contributed by atoms with Gasteiger partial charge in [0, 0.05) is 17.3 Å². The highest BCUT2D eigenvalue weighted by Gasteiger charge is 2.19. The summed E-state index contributed by atoms with van der Waals surface area (Å²) in [6.07, 6.45) is 12.9. The maximum atomic E-state index is 11.0. The third-order valence-corrected chi connectivity index (χ3v) is 5.73. The van der Waals surface area contributed by atoms with Gasteiger partial charge >= 0.3 is 0 Å². The average molecular weight is 400 g/mol. The number of hydrogen-bond donors (Lipinski definition) is 2. The van der Waals surface area contributed by atoms with E-state index in [0.717, 1.165) is 54.5 Å². The zero-order chi connectivity index (χ0) is 20.5. The van der Waals surface area contributed by atoms with E-state index in [2.05, 4.69) is 44.8 Å². The molecule has 1 heterocycles. The molecule has 152 valence electrons. The molecule has 2 aromatic rings. The second kappa shape index (κ2) is 11.1. The summed E-state index contributed by atoms with van der Waals surface area (Å²) in [5, 5.41) is 21.6. The number of allylic oxidation sites excluding steroid dienone is 4. The van der Waals surface area contributed by atoms with Gasteiger partial charge in [-0.05, 0) is 64.5 Å². The number of hydrogen-bond acceptors (Lipinski definition) is 4. The lowest BCUT2D eigenvalue weighted by Crippen LogP contribution is -1.96. The first-order valence-corrected chi connectivity index (χ1v) is 11.1. The van der Waals surface area contributed by atoms with Crippen LogP contribution in [0.15, 0.2) is 41.1 Å². The Morgan fingerprint density at radius 2 is 1.93 bits per heavy atom. The molecule has 2 rings (SSSR count). The largest absolute Gasteiger partial charge is 0.508 e. The number of unbranched alkanes of at least 4 members (excludes halogenated alkanes) is 2. The van der Waals surface area contributed by atoms with Gasteiger partial charge < -0.3 is 10.2 Å². The fourth-order valence-corrected chi connectivity index (χ4v) is 4.00. The standard InChI is InChI=1S/C24H33NO2S/c1-5-6-7-11-19-14-21(26)20(13-12-18(4)10-8-9-17(2)3)24(27)23(19)22-15-25-16-28-22/h9,12,14-16,26-27H,5-8,10-11,13H2,1-4H3. The number of nitrogens with zero attached hydrogens (tertiary/aromatic N) is 1. The minimum absolute atomic E-state index is 0.186. The fraction of sp³-hybridized carbons (Fsp3) is 0.458. The zero-order valence-corrected chi connectivity index (χ0v) is 18.4. The molecular weight excluding hydrogens is 366 g/mol. The third kappa shape index (κ3) is 6.23. The van der Waals surface area contributed by atoms with Crippen molar-refractivity contribution in [3.8, 4) is 21.9 Å². The Morgan fingerprint density at radius 3 is 2.57 bits per heavy atom. The maximum Gasteiger partial charge on any atom is 0.131 e. The summed E-state index contributed by atoms with van der Waals surface area (Å²) in [5.74, 6) is 0.384. The Hall–Kier alpha value is -2.07. The Balaban J connectivity index is 2.30. The number of phenolic OH excluding ortho intramolecular Hbond substituents is 2. The topological polar surface area (TPSA) is 53.4 Å². The SMILES string of the molecule is CCCCCc1cc(O)c(CC=C(C)CCC=C(C)C)c(O)c1-c1cncs1. The van der Waals surface area contributed by atoms with Crippen molar-refractivity contribution in [3.05, 3.63) is 52.2 Å². The second-order valence-electron chi connectivity index (χ2n) is 7.65. The Kier molecular flexibility index (Phi) is 8.78. The van der Waals surface area contributed by atoms with E-state index < -0.39 is 0 Å². The first kappa shape index (κ1) is 22.2. The minimum atomic E-state index is 0.186. The molecule has 3 nitrogen and oxygen atoms in total. The molecule has 0 spiro atoms. The molecule has 2 N–H and O–H groups in total. The average Bonchev–Trinajstić information content (AvgIpc) is 3.15. The molecule has 0 radical (unpaired) electrons. The van der Waals surface area contributed by atoms with Gasteiger partial charge in [0.1, 0.15) is 11.5 Å². The van der Waals surface area contributed by atoms with Crippen LogP contribution in [0.1, 0.15) is 70.9 Å². The molecule has 0 fully saturated rings. The van der Waals surface area contributed by atoms with Gasteiger partial charge in [0.25, 0.3) is 0 Å². The number of benzene rings is 1. The molecule has 0 atom stereocenters. The maximum absolute atomic E-state index is 11.0. The van der Waals surface area contributed by atoms with Crippen molar-refractivity contribution in [3.63, 3.8) is 0 Å². The molecule has 0 saturated heterocycles.